The molecule has 0 saturated carbocycles. The largest absolute Gasteiger partial charge is 0.497 e. The van der Waals surface area contributed by atoms with Crippen molar-refractivity contribution in [3.63, 3.8) is 0 Å². The van der Waals surface area contributed by atoms with E-state index in [0.717, 1.165) is 50.0 Å². The molecule has 0 radical (unpaired) electrons. The number of ether oxygens (including phenoxy) is 3. The zero-order chi connectivity index (χ0) is 21.8. The molecule has 1 unspecified atom stereocenters. The first-order valence-corrected chi connectivity index (χ1v) is 11.5. The number of aromatic nitrogens is 2. The monoisotopic (exact) mass is 445 g/mol. The van der Waals surface area contributed by atoms with Crippen molar-refractivity contribution in [1.29, 1.82) is 0 Å². The average molecular weight is 446 g/mol. The summed E-state index contributed by atoms with van der Waals surface area (Å²) in [6.45, 7) is 1.33. The van der Waals surface area contributed by atoms with Crippen molar-refractivity contribution in [3.8, 4) is 11.5 Å². The summed E-state index contributed by atoms with van der Waals surface area (Å²) in [5.41, 5.74) is 2.48. The highest BCUT2D eigenvalue weighted by Crippen LogP contribution is 2.30. The molecule has 8 nitrogen and oxygen atoms in total. The van der Waals surface area contributed by atoms with Gasteiger partial charge in [-0.2, -0.15) is 4.98 Å². The molecule has 1 aliphatic carbocycles. The first kappa shape index (κ1) is 21.7. The molecule has 4 rings (SSSR count). The van der Waals surface area contributed by atoms with Gasteiger partial charge in [-0.3, -0.25) is 9.36 Å². The maximum atomic E-state index is 12.7. The van der Waals surface area contributed by atoms with Gasteiger partial charge in [0.15, 0.2) is 0 Å². The number of hydrogen-bond donors (Lipinski definition) is 1. The quantitative estimate of drug-likeness (QED) is 0.493. The Bertz CT molecular complexity index is 995. The van der Waals surface area contributed by atoms with Crippen LogP contribution in [0.2, 0.25) is 0 Å². The summed E-state index contributed by atoms with van der Waals surface area (Å²) in [4.78, 5) is 29.6. The van der Waals surface area contributed by atoms with Crippen LogP contribution in [-0.2, 0) is 28.9 Å². The van der Waals surface area contributed by atoms with E-state index in [1.54, 1.807) is 37.0 Å². The minimum Gasteiger partial charge on any atom is -0.497 e. The van der Waals surface area contributed by atoms with E-state index in [1.807, 2.05) is 0 Å². The molecule has 1 atom stereocenters. The van der Waals surface area contributed by atoms with Gasteiger partial charge in [-0.15, -0.1) is 0 Å². The Morgan fingerprint density at radius 2 is 2.00 bits per heavy atom. The summed E-state index contributed by atoms with van der Waals surface area (Å²) in [6, 6.07) is 5.20. The standard InChI is InChI=1S/C22H27N3O5S/c1-28-16-9-14(10-17(11-16)29-2)23-20(26)13-31-21-18-6-3-7-19(18)25(22(27)24-21)12-15-5-4-8-30-15/h9-11,15H,3-8,12-13H2,1-2H3,(H,23,26). The van der Waals surface area contributed by atoms with Gasteiger partial charge in [-0.25, -0.2) is 4.79 Å². The minimum atomic E-state index is -0.253. The van der Waals surface area contributed by atoms with Crippen molar-refractivity contribution in [3.05, 3.63) is 39.9 Å². The Hall–Kier alpha value is -2.52. The highest BCUT2D eigenvalue weighted by molar-refractivity contribution is 8.00. The Morgan fingerprint density at radius 1 is 1.23 bits per heavy atom. The molecule has 2 aliphatic rings. The van der Waals surface area contributed by atoms with Crippen LogP contribution in [-0.4, -0.2) is 48.1 Å². The molecule has 1 saturated heterocycles. The molecule has 1 fully saturated rings. The zero-order valence-corrected chi connectivity index (χ0v) is 18.6. The number of amides is 1. The lowest BCUT2D eigenvalue weighted by Crippen LogP contribution is -2.31. The fourth-order valence-corrected chi connectivity index (χ4v) is 4.97. The normalized spacial score (nSPS) is 17.4. The summed E-state index contributed by atoms with van der Waals surface area (Å²) in [7, 11) is 3.12. The first-order valence-electron chi connectivity index (χ1n) is 10.5. The van der Waals surface area contributed by atoms with Gasteiger partial charge in [-0.1, -0.05) is 11.8 Å². The van der Waals surface area contributed by atoms with Crippen LogP contribution >= 0.6 is 11.8 Å². The van der Waals surface area contributed by atoms with E-state index >= 15 is 0 Å². The van der Waals surface area contributed by atoms with Crippen LogP contribution in [0.3, 0.4) is 0 Å². The molecule has 166 valence electrons. The molecule has 1 N–H and O–H groups in total. The van der Waals surface area contributed by atoms with E-state index in [-0.39, 0.29) is 23.5 Å². The molecular weight excluding hydrogens is 418 g/mol. The molecule has 2 heterocycles. The molecule has 9 heteroatoms. The van der Waals surface area contributed by atoms with Gasteiger partial charge in [0.2, 0.25) is 5.91 Å². The molecule has 1 amide bonds. The van der Waals surface area contributed by atoms with Gasteiger partial charge in [0.1, 0.15) is 16.5 Å². The smallest absolute Gasteiger partial charge is 0.348 e. The zero-order valence-electron chi connectivity index (χ0n) is 17.8. The highest BCUT2D eigenvalue weighted by atomic mass is 32.2. The average Bonchev–Trinajstić information content (AvgIpc) is 3.46. The number of carbonyl (C=O) groups excluding carboxylic acids is 1. The third-order valence-electron chi connectivity index (χ3n) is 5.59. The van der Waals surface area contributed by atoms with E-state index in [9.17, 15) is 9.59 Å². The molecule has 1 aromatic heterocycles. The molecular formula is C22H27N3O5S. The van der Waals surface area contributed by atoms with Crippen LogP contribution < -0.4 is 20.5 Å². The molecule has 1 aromatic carbocycles. The van der Waals surface area contributed by atoms with Crippen LogP contribution in [0.4, 0.5) is 5.69 Å². The van der Waals surface area contributed by atoms with Crippen molar-refractivity contribution in [2.24, 2.45) is 0 Å². The number of hydrogen-bond acceptors (Lipinski definition) is 7. The summed E-state index contributed by atoms with van der Waals surface area (Å²) in [5.74, 6) is 1.17. The summed E-state index contributed by atoms with van der Waals surface area (Å²) in [5, 5.41) is 3.52. The second-order valence-corrected chi connectivity index (χ2v) is 8.63. The second kappa shape index (κ2) is 9.74. The van der Waals surface area contributed by atoms with Crippen molar-refractivity contribution < 1.29 is 19.0 Å². The summed E-state index contributed by atoms with van der Waals surface area (Å²) < 4.78 is 18.0. The molecule has 1 aliphatic heterocycles. The highest BCUT2D eigenvalue weighted by Gasteiger charge is 2.25. The number of rotatable bonds is 8. The fourth-order valence-electron chi connectivity index (χ4n) is 4.10. The lowest BCUT2D eigenvalue weighted by molar-refractivity contribution is -0.113. The first-order chi connectivity index (χ1) is 15.1. The number of methoxy groups -OCH3 is 2. The molecule has 31 heavy (non-hydrogen) atoms. The third kappa shape index (κ3) is 5.04. The predicted molar refractivity (Wildman–Crippen MR) is 118 cm³/mol. The van der Waals surface area contributed by atoms with Crippen molar-refractivity contribution in [2.45, 2.75) is 49.8 Å². The third-order valence-corrected chi connectivity index (χ3v) is 6.60. The number of nitrogens with one attached hydrogen (secondary N) is 1. The minimum absolute atomic E-state index is 0.0911. The Balaban J connectivity index is 1.45. The second-order valence-electron chi connectivity index (χ2n) is 7.66. The maximum absolute atomic E-state index is 12.7. The van der Waals surface area contributed by atoms with Crippen LogP contribution in [0.15, 0.2) is 28.0 Å². The number of thioether (sulfide) groups is 1. The Labute approximate surface area is 185 Å². The van der Waals surface area contributed by atoms with Crippen LogP contribution in [0, 0.1) is 0 Å². The summed E-state index contributed by atoms with van der Waals surface area (Å²) in [6.07, 6.45) is 4.85. The van der Waals surface area contributed by atoms with E-state index < -0.39 is 0 Å². The Morgan fingerprint density at radius 3 is 2.68 bits per heavy atom. The lowest BCUT2D eigenvalue weighted by atomic mass is 10.2. The SMILES string of the molecule is COc1cc(NC(=O)CSc2nc(=O)n(CC3CCCO3)c3c2CCC3)cc(OC)c1. The van der Waals surface area contributed by atoms with Gasteiger partial charge in [0, 0.05) is 41.8 Å². The van der Waals surface area contributed by atoms with Gasteiger partial charge < -0.3 is 19.5 Å². The number of fused-ring (bicyclic) bond motifs is 1. The fraction of sp³-hybridized carbons (Fsp3) is 0.500. The van der Waals surface area contributed by atoms with E-state index in [1.165, 1.54) is 11.8 Å². The summed E-state index contributed by atoms with van der Waals surface area (Å²) >= 11 is 1.31. The van der Waals surface area contributed by atoms with E-state index in [0.29, 0.717) is 28.8 Å². The maximum Gasteiger partial charge on any atom is 0.348 e. The van der Waals surface area contributed by atoms with Crippen LogP contribution in [0.1, 0.15) is 30.5 Å². The lowest BCUT2D eigenvalue weighted by Gasteiger charge is -2.17. The van der Waals surface area contributed by atoms with Crippen molar-refractivity contribution in [2.75, 3.05) is 31.9 Å². The topological polar surface area (TPSA) is 91.7 Å². The van der Waals surface area contributed by atoms with Crippen molar-refractivity contribution >= 4 is 23.4 Å². The predicted octanol–water partition coefficient (Wildman–Crippen LogP) is 2.66. The molecule has 0 bridgehead atoms. The molecule has 2 aromatic rings. The van der Waals surface area contributed by atoms with Gasteiger partial charge in [0.25, 0.3) is 0 Å². The number of carbonyl (C=O) groups is 1. The number of nitrogens with zero attached hydrogens (tertiary/aromatic N) is 2. The number of anilines is 1. The van der Waals surface area contributed by atoms with E-state index in [4.69, 9.17) is 14.2 Å². The molecule has 0 spiro atoms. The van der Waals surface area contributed by atoms with E-state index in [2.05, 4.69) is 10.3 Å². The van der Waals surface area contributed by atoms with Gasteiger partial charge in [0.05, 0.1) is 32.6 Å². The van der Waals surface area contributed by atoms with Crippen LogP contribution in [0.5, 0.6) is 11.5 Å². The van der Waals surface area contributed by atoms with Crippen molar-refractivity contribution in [1.82, 2.24) is 9.55 Å². The number of benzene rings is 1. The van der Waals surface area contributed by atoms with Gasteiger partial charge >= 0.3 is 5.69 Å². The Kier molecular flexibility index (Phi) is 6.82. The van der Waals surface area contributed by atoms with Gasteiger partial charge in [-0.05, 0) is 32.1 Å². The van der Waals surface area contributed by atoms with Crippen LogP contribution in [0.25, 0.3) is 0 Å².